The Morgan fingerprint density at radius 3 is 2.48 bits per heavy atom. The molecule has 1 aliphatic carbocycles. The van der Waals surface area contributed by atoms with Gasteiger partial charge in [-0.15, -0.1) is 0 Å². The third-order valence-electron chi connectivity index (χ3n) is 6.29. The van der Waals surface area contributed by atoms with Crippen LogP contribution in [0.3, 0.4) is 0 Å². The SMILES string of the molecule is Cc1ccc(S(=O)(=O)NCC(=O)NCC(=O)N2CC[C@@H]3CCCC[C@H]3C2)cc1C. The van der Waals surface area contributed by atoms with Gasteiger partial charge in [-0.05, 0) is 61.8 Å². The van der Waals surface area contributed by atoms with Crippen molar-refractivity contribution in [2.24, 2.45) is 11.8 Å². The fraction of sp³-hybridized carbons (Fsp3) is 0.619. The first-order valence-electron chi connectivity index (χ1n) is 10.4. The summed E-state index contributed by atoms with van der Waals surface area (Å²) in [5.74, 6) is 0.710. The van der Waals surface area contributed by atoms with E-state index < -0.39 is 22.5 Å². The lowest BCUT2D eigenvalue weighted by atomic mass is 9.75. The van der Waals surface area contributed by atoms with Gasteiger partial charge in [-0.1, -0.05) is 25.3 Å². The molecule has 3 rings (SSSR count). The molecule has 1 aromatic rings. The normalized spacial score (nSPS) is 22.1. The van der Waals surface area contributed by atoms with Crippen LogP contribution in [-0.2, 0) is 19.6 Å². The molecule has 1 saturated heterocycles. The van der Waals surface area contributed by atoms with Gasteiger partial charge in [0.2, 0.25) is 21.8 Å². The molecule has 7 nitrogen and oxygen atoms in total. The Morgan fingerprint density at radius 1 is 1.03 bits per heavy atom. The Morgan fingerprint density at radius 2 is 1.76 bits per heavy atom. The summed E-state index contributed by atoms with van der Waals surface area (Å²) in [7, 11) is -3.77. The van der Waals surface area contributed by atoms with Gasteiger partial charge in [0.25, 0.3) is 0 Å². The van der Waals surface area contributed by atoms with Crippen molar-refractivity contribution in [2.45, 2.75) is 50.8 Å². The third-order valence-corrected chi connectivity index (χ3v) is 7.69. The summed E-state index contributed by atoms with van der Waals surface area (Å²) in [6.07, 6.45) is 6.02. The Hall–Kier alpha value is -1.93. The maximum Gasteiger partial charge on any atom is 0.241 e. The molecule has 2 atom stereocenters. The summed E-state index contributed by atoms with van der Waals surface area (Å²) >= 11 is 0. The Kier molecular flexibility index (Phi) is 6.95. The monoisotopic (exact) mass is 421 g/mol. The fourth-order valence-electron chi connectivity index (χ4n) is 4.30. The van der Waals surface area contributed by atoms with Crippen LogP contribution >= 0.6 is 0 Å². The van der Waals surface area contributed by atoms with E-state index in [1.54, 1.807) is 12.1 Å². The summed E-state index contributed by atoms with van der Waals surface area (Å²) in [4.78, 5) is 26.5. The number of carbonyl (C=O) groups excluding carboxylic acids is 2. The standard InChI is InChI=1S/C21H31N3O4S/c1-15-7-8-19(11-16(15)2)29(27,28)23-12-20(25)22-13-21(26)24-10-9-17-5-3-4-6-18(17)14-24/h7-8,11,17-18,23H,3-6,9-10,12-14H2,1-2H3,(H,22,25)/t17-,18-/m0/s1. The molecule has 1 aliphatic heterocycles. The number of nitrogens with one attached hydrogen (secondary N) is 2. The van der Waals surface area contributed by atoms with Crippen LogP contribution < -0.4 is 10.0 Å². The number of hydrogen-bond acceptors (Lipinski definition) is 4. The smallest absolute Gasteiger partial charge is 0.241 e. The summed E-state index contributed by atoms with van der Waals surface area (Å²) in [5, 5.41) is 2.54. The summed E-state index contributed by atoms with van der Waals surface area (Å²) in [5.41, 5.74) is 1.86. The third kappa shape index (κ3) is 5.57. The van der Waals surface area contributed by atoms with Crippen LogP contribution in [0, 0.1) is 25.7 Å². The topological polar surface area (TPSA) is 95.6 Å². The number of likely N-dealkylation sites (tertiary alicyclic amines) is 1. The molecule has 29 heavy (non-hydrogen) atoms. The largest absolute Gasteiger partial charge is 0.346 e. The van der Waals surface area contributed by atoms with Crippen molar-refractivity contribution in [3.8, 4) is 0 Å². The predicted molar refractivity (Wildman–Crippen MR) is 111 cm³/mol. The van der Waals surface area contributed by atoms with Crippen LogP contribution in [0.1, 0.15) is 43.2 Å². The number of benzene rings is 1. The molecule has 0 aromatic heterocycles. The van der Waals surface area contributed by atoms with Crippen LogP contribution in [0.4, 0.5) is 0 Å². The maximum absolute atomic E-state index is 12.4. The minimum Gasteiger partial charge on any atom is -0.346 e. The van der Waals surface area contributed by atoms with Gasteiger partial charge >= 0.3 is 0 Å². The molecule has 8 heteroatoms. The van der Waals surface area contributed by atoms with Crippen molar-refractivity contribution in [3.05, 3.63) is 29.3 Å². The highest BCUT2D eigenvalue weighted by Gasteiger charge is 2.32. The van der Waals surface area contributed by atoms with Crippen LogP contribution in [0.2, 0.25) is 0 Å². The van der Waals surface area contributed by atoms with E-state index in [1.807, 2.05) is 18.7 Å². The molecule has 1 saturated carbocycles. The lowest BCUT2D eigenvalue weighted by Crippen LogP contribution is -2.49. The van der Waals surface area contributed by atoms with E-state index in [1.165, 1.54) is 31.7 Å². The molecule has 0 spiro atoms. The van der Waals surface area contributed by atoms with Crippen molar-refractivity contribution >= 4 is 21.8 Å². The highest BCUT2D eigenvalue weighted by atomic mass is 32.2. The first-order chi connectivity index (χ1) is 13.8. The van der Waals surface area contributed by atoms with Crippen LogP contribution in [0.25, 0.3) is 0 Å². The van der Waals surface area contributed by atoms with Crippen molar-refractivity contribution in [1.82, 2.24) is 14.9 Å². The molecule has 2 amide bonds. The molecule has 2 N–H and O–H groups in total. The van der Waals surface area contributed by atoms with E-state index >= 15 is 0 Å². The summed E-state index contributed by atoms with van der Waals surface area (Å²) in [6.45, 7) is 4.77. The first-order valence-corrected chi connectivity index (χ1v) is 11.9. The minimum absolute atomic E-state index is 0.0956. The summed E-state index contributed by atoms with van der Waals surface area (Å²) in [6, 6.07) is 4.83. The first kappa shape index (κ1) is 21.8. The lowest BCUT2D eigenvalue weighted by Gasteiger charge is -2.41. The molecular weight excluding hydrogens is 390 g/mol. The zero-order chi connectivity index (χ0) is 21.0. The van der Waals surface area contributed by atoms with E-state index in [9.17, 15) is 18.0 Å². The second-order valence-electron chi connectivity index (χ2n) is 8.28. The molecule has 2 aliphatic rings. The van der Waals surface area contributed by atoms with Gasteiger partial charge in [-0.3, -0.25) is 9.59 Å². The van der Waals surface area contributed by atoms with Gasteiger partial charge in [-0.25, -0.2) is 13.1 Å². The van der Waals surface area contributed by atoms with Gasteiger partial charge < -0.3 is 10.2 Å². The van der Waals surface area contributed by atoms with Gasteiger partial charge in [0.15, 0.2) is 0 Å². The van der Waals surface area contributed by atoms with Gasteiger partial charge in [0, 0.05) is 13.1 Å². The van der Waals surface area contributed by atoms with Gasteiger partial charge in [0.1, 0.15) is 0 Å². The van der Waals surface area contributed by atoms with E-state index in [0.29, 0.717) is 5.92 Å². The Balaban J connectivity index is 1.44. The molecule has 1 aromatic carbocycles. The number of rotatable bonds is 6. The maximum atomic E-state index is 12.4. The second kappa shape index (κ2) is 9.26. The average molecular weight is 422 g/mol. The molecule has 1 heterocycles. The number of nitrogens with zero attached hydrogens (tertiary/aromatic N) is 1. The number of carbonyl (C=O) groups is 2. The predicted octanol–water partition coefficient (Wildman–Crippen LogP) is 1.74. The average Bonchev–Trinajstić information content (AvgIpc) is 2.72. The number of piperidine rings is 1. The van der Waals surface area contributed by atoms with Crippen LogP contribution in [0.5, 0.6) is 0 Å². The number of hydrogen-bond donors (Lipinski definition) is 2. The Bertz CT molecular complexity index is 869. The number of sulfonamides is 1. The summed E-state index contributed by atoms with van der Waals surface area (Å²) < 4.78 is 27.0. The van der Waals surface area contributed by atoms with Gasteiger partial charge in [-0.2, -0.15) is 0 Å². The fourth-order valence-corrected chi connectivity index (χ4v) is 5.37. The number of amides is 2. The van der Waals surface area contributed by atoms with E-state index in [-0.39, 0.29) is 17.3 Å². The molecular formula is C21H31N3O4S. The van der Waals surface area contributed by atoms with Crippen molar-refractivity contribution < 1.29 is 18.0 Å². The van der Waals surface area contributed by atoms with Crippen molar-refractivity contribution in [3.63, 3.8) is 0 Å². The van der Waals surface area contributed by atoms with Crippen LogP contribution in [-0.4, -0.2) is 51.3 Å². The van der Waals surface area contributed by atoms with Crippen LogP contribution in [0.15, 0.2) is 23.1 Å². The van der Waals surface area contributed by atoms with E-state index in [4.69, 9.17) is 0 Å². The van der Waals surface area contributed by atoms with E-state index in [2.05, 4.69) is 10.0 Å². The number of aryl methyl sites for hydroxylation is 2. The Labute approximate surface area is 173 Å². The van der Waals surface area contributed by atoms with Gasteiger partial charge in [0.05, 0.1) is 18.0 Å². The number of fused-ring (bicyclic) bond motifs is 1. The zero-order valence-corrected chi connectivity index (χ0v) is 18.1. The second-order valence-corrected chi connectivity index (χ2v) is 10.0. The molecule has 0 bridgehead atoms. The molecule has 160 valence electrons. The van der Waals surface area contributed by atoms with Crippen molar-refractivity contribution in [1.29, 1.82) is 0 Å². The highest BCUT2D eigenvalue weighted by molar-refractivity contribution is 7.89. The quantitative estimate of drug-likeness (QED) is 0.731. The van der Waals surface area contributed by atoms with E-state index in [0.717, 1.165) is 36.6 Å². The molecule has 2 fully saturated rings. The molecule has 0 radical (unpaired) electrons. The minimum atomic E-state index is -3.77. The lowest BCUT2D eigenvalue weighted by molar-refractivity contribution is -0.135. The van der Waals surface area contributed by atoms with Crippen molar-refractivity contribution in [2.75, 3.05) is 26.2 Å². The highest BCUT2D eigenvalue weighted by Crippen LogP contribution is 2.35. The zero-order valence-electron chi connectivity index (χ0n) is 17.2. The molecule has 0 unspecified atom stereocenters.